The molecule has 0 saturated carbocycles. The second kappa shape index (κ2) is 9.84. The normalized spacial score (nSPS) is 12.7. The lowest BCUT2D eigenvalue weighted by molar-refractivity contribution is -0.158. The molecule has 1 aromatic heterocycles. The molecule has 32 heavy (non-hydrogen) atoms. The fourth-order valence-corrected chi connectivity index (χ4v) is 2.79. The van der Waals surface area contributed by atoms with E-state index >= 15 is 0 Å². The predicted octanol–water partition coefficient (Wildman–Crippen LogP) is 2.73. The average Bonchev–Trinajstić information content (AvgIpc) is 3.04. The minimum atomic E-state index is -1.10. The summed E-state index contributed by atoms with van der Waals surface area (Å²) in [6.45, 7) is 10.3. The number of amides is 1. The molecule has 2 N–H and O–H groups in total. The summed E-state index contributed by atoms with van der Waals surface area (Å²) in [7, 11) is 0. The molecule has 0 bridgehead atoms. The van der Waals surface area contributed by atoms with Crippen LogP contribution in [0.1, 0.15) is 64.9 Å². The fourth-order valence-electron chi connectivity index (χ4n) is 2.79. The van der Waals surface area contributed by atoms with Crippen LogP contribution in [-0.4, -0.2) is 44.9 Å². The summed E-state index contributed by atoms with van der Waals surface area (Å²) in [6, 6.07) is 8.80. The quantitative estimate of drug-likeness (QED) is 0.633. The van der Waals surface area contributed by atoms with Crippen molar-refractivity contribution in [2.24, 2.45) is 0 Å². The molecule has 0 saturated heterocycles. The lowest BCUT2D eigenvalue weighted by Crippen LogP contribution is -2.44. The number of aromatic nitrogens is 2. The number of carbonyl (C=O) groups is 3. The molecule has 1 atom stereocenters. The zero-order valence-electron chi connectivity index (χ0n) is 19.4. The molecule has 0 aliphatic rings. The third kappa shape index (κ3) is 7.72. The number of ether oxygens (including phenoxy) is 2. The van der Waals surface area contributed by atoms with Crippen molar-refractivity contribution in [1.29, 1.82) is 0 Å². The molecular formula is C23H31N3O6. The highest BCUT2D eigenvalue weighted by molar-refractivity contribution is 5.95. The summed E-state index contributed by atoms with van der Waals surface area (Å²) < 4.78 is 11.9. The Labute approximate surface area is 187 Å². The zero-order chi connectivity index (χ0) is 24.1. The average molecular weight is 446 g/mol. The molecule has 0 aliphatic heterocycles. The lowest BCUT2D eigenvalue weighted by atomic mass is 10.1. The van der Waals surface area contributed by atoms with Crippen molar-refractivity contribution in [2.75, 3.05) is 0 Å². The van der Waals surface area contributed by atoms with Crippen LogP contribution in [0.15, 0.2) is 41.2 Å². The van der Waals surface area contributed by atoms with Gasteiger partial charge in [0.15, 0.2) is 0 Å². The number of hydrogen-bond donors (Lipinski definition) is 2. The first-order chi connectivity index (χ1) is 14.7. The van der Waals surface area contributed by atoms with Gasteiger partial charge in [0, 0.05) is 12.5 Å². The molecule has 9 heteroatoms. The van der Waals surface area contributed by atoms with Crippen molar-refractivity contribution in [3.8, 4) is 5.69 Å². The van der Waals surface area contributed by atoms with Gasteiger partial charge in [-0.2, -0.15) is 0 Å². The van der Waals surface area contributed by atoms with E-state index in [1.807, 2.05) is 0 Å². The Morgan fingerprint density at radius 3 is 2.16 bits per heavy atom. The predicted molar refractivity (Wildman–Crippen MR) is 119 cm³/mol. The lowest BCUT2D eigenvalue weighted by Gasteiger charge is -2.25. The third-order valence-electron chi connectivity index (χ3n) is 4.03. The number of rotatable bonds is 7. The first kappa shape index (κ1) is 24.9. The van der Waals surface area contributed by atoms with Crippen molar-refractivity contribution in [3.63, 3.8) is 0 Å². The first-order valence-corrected chi connectivity index (χ1v) is 10.4. The molecule has 0 fully saturated rings. The van der Waals surface area contributed by atoms with E-state index in [0.29, 0.717) is 5.69 Å². The largest absolute Gasteiger partial charge is 0.460 e. The molecule has 0 aliphatic carbocycles. The molecule has 1 amide bonds. The van der Waals surface area contributed by atoms with Gasteiger partial charge in [-0.3, -0.25) is 19.5 Å². The minimum absolute atomic E-state index is 0.0147. The van der Waals surface area contributed by atoms with Gasteiger partial charge in [0.25, 0.3) is 11.5 Å². The Bertz CT molecular complexity index is 1010. The van der Waals surface area contributed by atoms with E-state index < -0.39 is 40.6 Å². The third-order valence-corrected chi connectivity index (χ3v) is 4.03. The van der Waals surface area contributed by atoms with Crippen molar-refractivity contribution in [1.82, 2.24) is 15.1 Å². The smallest absolute Gasteiger partial charge is 0.329 e. The van der Waals surface area contributed by atoms with Crippen molar-refractivity contribution in [2.45, 2.75) is 71.6 Å². The van der Waals surface area contributed by atoms with Crippen LogP contribution in [0.25, 0.3) is 5.69 Å². The van der Waals surface area contributed by atoms with Gasteiger partial charge >= 0.3 is 11.9 Å². The van der Waals surface area contributed by atoms with Crippen molar-refractivity contribution < 1.29 is 23.9 Å². The van der Waals surface area contributed by atoms with Gasteiger partial charge in [-0.05, 0) is 60.1 Å². The Morgan fingerprint density at radius 1 is 1.00 bits per heavy atom. The molecule has 2 rings (SSSR count). The monoisotopic (exact) mass is 445 g/mol. The van der Waals surface area contributed by atoms with E-state index in [2.05, 4.69) is 10.4 Å². The summed E-state index contributed by atoms with van der Waals surface area (Å²) in [5.74, 6) is -1.85. The van der Waals surface area contributed by atoms with Gasteiger partial charge < -0.3 is 14.8 Å². The van der Waals surface area contributed by atoms with Gasteiger partial charge in [0.05, 0.1) is 5.69 Å². The van der Waals surface area contributed by atoms with E-state index in [-0.39, 0.29) is 18.5 Å². The molecule has 0 radical (unpaired) electrons. The molecule has 174 valence electrons. The second-order valence-corrected chi connectivity index (χ2v) is 9.36. The maximum absolute atomic E-state index is 12.8. The highest BCUT2D eigenvalue weighted by atomic mass is 16.6. The van der Waals surface area contributed by atoms with Crippen molar-refractivity contribution in [3.05, 3.63) is 52.4 Å². The Kier molecular flexibility index (Phi) is 7.66. The van der Waals surface area contributed by atoms with E-state index in [9.17, 15) is 19.2 Å². The number of benzene rings is 1. The number of H-pyrrole nitrogens is 1. The summed E-state index contributed by atoms with van der Waals surface area (Å²) in [5, 5.41) is 5.30. The number of esters is 2. The van der Waals surface area contributed by atoms with E-state index in [1.165, 1.54) is 4.68 Å². The Hall–Kier alpha value is -3.36. The first-order valence-electron chi connectivity index (χ1n) is 10.4. The highest BCUT2D eigenvalue weighted by Gasteiger charge is 2.29. The van der Waals surface area contributed by atoms with Gasteiger partial charge in [0.1, 0.15) is 22.9 Å². The van der Waals surface area contributed by atoms with Gasteiger partial charge in [-0.25, -0.2) is 9.48 Å². The van der Waals surface area contributed by atoms with Gasteiger partial charge in [0.2, 0.25) is 0 Å². The Balaban J connectivity index is 2.17. The number of aromatic amines is 1. The molecule has 9 nitrogen and oxygen atoms in total. The topological polar surface area (TPSA) is 119 Å². The summed E-state index contributed by atoms with van der Waals surface area (Å²) in [6.07, 6.45) is -0.109. The zero-order valence-corrected chi connectivity index (χ0v) is 19.4. The second-order valence-electron chi connectivity index (χ2n) is 9.36. The number of hydrogen-bond acceptors (Lipinski definition) is 6. The molecule has 0 spiro atoms. The number of nitrogens with zero attached hydrogens (tertiary/aromatic N) is 1. The highest BCUT2D eigenvalue weighted by Crippen LogP contribution is 2.14. The number of nitrogens with one attached hydrogen (secondary N) is 2. The summed E-state index contributed by atoms with van der Waals surface area (Å²) >= 11 is 0. The van der Waals surface area contributed by atoms with Crippen LogP contribution in [0.5, 0.6) is 0 Å². The molecule has 1 unspecified atom stereocenters. The van der Waals surface area contributed by atoms with Crippen LogP contribution in [-0.2, 0) is 19.1 Å². The van der Waals surface area contributed by atoms with Crippen LogP contribution in [0, 0.1) is 0 Å². The summed E-state index contributed by atoms with van der Waals surface area (Å²) in [5.41, 5.74) is -1.34. The molecule has 2 aromatic rings. The number of carbonyl (C=O) groups excluding carboxylic acids is 3. The maximum atomic E-state index is 12.8. The van der Waals surface area contributed by atoms with Crippen LogP contribution in [0.3, 0.4) is 0 Å². The van der Waals surface area contributed by atoms with E-state index in [1.54, 1.807) is 71.9 Å². The van der Waals surface area contributed by atoms with Gasteiger partial charge in [-0.15, -0.1) is 0 Å². The molecular weight excluding hydrogens is 414 g/mol. The molecule has 1 heterocycles. The maximum Gasteiger partial charge on any atom is 0.329 e. The van der Waals surface area contributed by atoms with Crippen LogP contribution in [0.2, 0.25) is 0 Å². The fraction of sp³-hybridized carbons (Fsp3) is 0.478. The van der Waals surface area contributed by atoms with Gasteiger partial charge in [-0.1, -0.05) is 18.2 Å². The minimum Gasteiger partial charge on any atom is -0.460 e. The van der Waals surface area contributed by atoms with E-state index in [4.69, 9.17) is 9.47 Å². The van der Waals surface area contributed by atoms with Crippen molar-refractivity contribution >= 4 is 17.8 Å². The number of para-hydroxylation sites is 1. The van der Waals surface area contributed by atoms with Crippen LogP contribution >= 0.6 is 0 Å². The summed E-state index contributed by atoms with van der Waals surface area (Å²) in [4.78, 5) is 49.8. The van der Waals surface area contributed by atoms with Crippen LogP contribution in [0.4, 0.5) is 0 Å². The standard InChI is InChI=1S/C23H31N3O6/c1-22(2,3)31-19(28)13-12-16(21(30)32-23(4,5)6)24-20(29)17-14-18(27)26(25-17)15-10-8-7-9-11-15/h7-11,14,16,25H,12-13H2,1-6H3,(H,24,29). The molecule has 1 aromatic carbocycles. The van der Waals surface area contributed by atoms with E-state index in [0.717, 1.165) is 6.07 Å². The SMILES string of the molecule is CC(C)(C)OC(=O)CCC(NC(=O)c1cc(=O)n(-c2ccccc2)[nH]1)C(=O)OC(C)(C)C. The Morgan fingerprint density at radius 2 is 1.59 bits per heavy atom. The van der Waals surface area contributed by atoms with Crippen LogP contribution < -0.4 is 10.9 Å².